The topological polar surface area (TPSA) is 80.1 Å². The minimum absolute atomic E-state index is 0.0824. The summed E-state index contributed by atoms with van der Waals surface area (Å²) in [5.74, 6) is -0.445. The maximum Gasteiger partial charge on any atom is 0.263 e. The summed E-state index contributed by atoms with van der Waals surface area (Å²) in [6.45, 7) is 5.50. The third-order valence-electron chi connectivity index (χ3n) is 4.52. The maximum atomic E-state index is 13.2. The average molecular weight is 444 g/mol. The van der Waals surface area contributed by atoms with Crippen molar-refractivity contribution in [3.05, 3.63) is 65.4 Å². The van der Waals surface area contributed by atoms with E-state index in [2.05, 4.69) is 15.3 Å². The van der Waals surface area contributed by atoms with Crippen LogP contribution in [0.5, 0.6) is 0 Å². The van der Waals surface area contributed by atoms with Crippen LogP contribution in [0.1, 0.15) is 41.9 Å². The van der Waals surface area contributed by atoms with Crippen LogP contribution >= 0.6 is 11.3 Å². The summed E-state index contributed by atoms with van der Waals surface area (Å²) in [7, 11) is 0. The van der Waals surface area contributed by atoms with Gasteiger partial charge in [0.25, 0.3) is 5.91 Å². The summed E-state index contributed by atoms with van der Waals surface area (Å²) in [5, 5.41) is 3.34. The van der Waals surface area contributed by atoms with E-state index in [1.165, 1.54) is 29.7 Å². The second-order valence-electron chi connectivity index (χ2n) is 7.62. The lowest BCUT2D eigenvalue weighted by atomic mass is 10.1. The highest BCUT2D eigenvalue weighted by Gasteiger charge is 2.22. The second-order valence-corrected chi connectivity index (χ2v) is 8.63. The smallest absolute Gasteiger partial charge is 0.263 e. The Morgan fingerprint density at radius 2 is 2.03 bits per heavy atom. The van der Waals surface area contributed by atoms with E-state index in [0.29, 0.717) is 23.0 Å². The SMILES string of the molecule is CC(C)CC(=O)N(Cc1ccc(F)cc1)c1ncc(C(=O)NCCCn2ccnc2)s1. The zero-order valence-electron chi connectivity index (χ0n) is 17.6. The van der Waals surface area contributed by atoms with Gasteiger partial charge in [-0.05, 0) is 30.0 Å². The van der Waals surface area contributed by atoms with Gasteiger partial charge in [-0.1, -0.05) is 37.3 Å². The van der Waals surface area contributed by atoms with Crippen LogP contribution in [0.3, 0.4) is 0 Å². The summed E-state index contributed by atoms with van der Waals surface area (Å²) >= 11 is 1.18. The lowest BCUT2D eigenvalue weighted by molar-refractivity contribution is -0.119. The molecule has 0 aliphatic carbocycles. The molecule has 1 N–H and O–H groups in total. The molecule has 0 radical (unpaired) electrons. The highest BCUT2D eigenvalue weighted by molar-refractivity contribution is 7.17. The van der Waals surface area contributed by atoms with E-state index in [1.54, 1.807) is 29.6 Å². The first-order valence-corrected chi connectivity index (χ1v) is 11.0. The number of carbonyl (C=O) groups excluding carboxylic acids is 2. The Kier molecular flexibility index (Phi) is 7.88. The van der Waals surface area contributed by atoms with E-state index in [0.717, 1.165) is 18.5 Å². The van der Waals surface area contributed by atoms with Crippen molar-refractivity contribution >= 4 is 28.3 Å². The Morgan fingerprint density at radius 1 is 1.26 bits per heavy atom. The Hall–Kier alpha value is -3.07. The van der Waals surface area contributed by atoms with Gasteiger partial charge in [0.15, 0.2) is 5.13 Å². The van der Waals surface area contributed by atoms with E-state index < -0.39 is 0 Å². The molecule has 2 heterocycles. The van der Waals surface area contributed by atoms with Crippen molar-refractivity contribution in [1.29, 1.82) is 0 Å². The Morgan fingerprint density at radius 3 is 2.71 bits per heavy atom. The van der Waals surface area contributed by atoms with Crippen LogP contribution in [-0.2, 0) is 17.9 Å². The van der Waals surface area contributed by atoms with Crippen LogP contribution in [0, 0.1) is 11.7 Å². The van der Waals surface area contributed by atoms with Gasteiger partial charge >= 0.3 is 0 Å². The Bertz CT molecular complexity index is 986. The fraction of sp³-hybridized carbons (Fsp3) is 0.364. The number of aromatic nitrogens is 3. The standard InChI is InChI=1S/C22H26FN5O2S/c1-16(2)12-20(29)28(14-17-4-6-18(23)7-5-17)22-26-13-19(31-22)21(30)25-8-3-10-27-11-9-24-15-27/h4-7,9,11,13,15-16H,3,8,10,12,14H2,1-2H3,(H,25,30). The van der Waals surface area contributed by atoms with Gasteiger partial charge < -0.3 is 9.88 Å². The number of anilines is 1. The van der Waals surface area contributed by atoms with Crippen LogP contribution in [0.25, 0.3) is 0 Å². The maximum absolute atomic E-state index is 13.2. The minimum Gasteiger partial charge on any atom is -0.351 e. The van der Waals surface area contributed by atoms with E-state index in [1.807, 2.05) is 24.6 Å². The summed E-state index contributed by atoms with van der Waals surface area (Å²) < 4.78 is 15.2. The fourth-order valence-electron chi connectivity index (χ4n) is 2.96. The van der Waals surface area contributed by atoms with Gasteiger partial charge in [-0.15, -0.1) is 0 Å². The molecule has 0 spiro atoms. The molecule has 1 aromatic carbocycles. The van der Waals surface area contributed by atoms with Gasteiger partial charge in [0.1, 0.15) is 10.7 Å². The first kappa shape index (κ1) is 22.6. The minimum atomic E-state index is -0.329. The molecule has 3 rings (SSSR count). The molecule has 3 aromatic rings. The number of halogens is 1. The normalized spacial score (nSPS) is 11.0. The lowest BCUT2D eigenvalue weighted by Crippen LogP contribution is -2.31. The highest BCUT2D eigenvalue weighted by Crippen LogP contribution is 2.26. The molecule has 9 heteroatoms. The zero-order chi connectivity index (χ0) is 22.2. The first-order chi connectivity index (χ1) is 14.9. The third-order valence-corrected chi connectivity index (χ3v) is 5.54. The predicted molar refractivity (Wildman–Crippen MR) is 118 cm³/mol. The quantitative estimate of drug-likeness (QED) is 0.482. The number of nitrogens with zero attached hydrogens (tertiary/aromatic N) is 4. The van der Waals surface area contributed by atoms with Crippen molar-refractivity contribution in [2.24, 2.45) is 5.92 Å². The van der Waals surface area contributed by atoms with Crippen LogP contribution in [-0.4, -0.2) is 32.9 Å². The van der Waals surface area contributed by atoms with Crippen LogP contribution < -0.4 is 10.2 Å². The lowest BCUT2D eigenvalue weighted by Gasteiger charge is -2.21. The largest absolute Gasteiger partial charge is 0.351 e. The predicted octanol–water partition coefficient (Wildman–Crippen LogP) is 3.88. The van der Waals surface area contributed by atoms with Gasteiger partial charge in [0.2, 0.25) is 5.91 Å². The molecule has 0 aliphatic rings. The van der Waals surface area contributed by atoms with Crippen LogP contribution in [0.4, 0.5) is 9.52 Å². The van der Waals surface area contributed by atoms with Crippen molar-refractivity contribution in [3.8, 4) is 0 Å². The van der Waals surface area contributed by atoms with E-state index in [4.69, 9.17) is 0 Å². The molecule has 0 unspecified atom stereocenters. The molecule has 0 atom stereocenters. The Balaban J connectivity index is 1.64. The average Bonchev–Trinajstić information content (AvgIpc) is 3.42. The summed E-state index contributed by atoms with van der Waals surface area (Å²) in [5.41, 5.74) is 0.791. The van der Waals surface area contributed by atoms with E-state index in [9.17, 15) is 14.0 Å². The molecule has 31 heavy (non-hydrogen) atoms. The van der Waals surface area contributed by atoms with Crippen molar-refractivity contribution in [1.82, 2.24) is 19.9 Å². The van der Waals surface area contributed by atoms with E-state index in [-0.39, 0.29) is 30.1 Å². The van der Waals surface area contributed by atoms with Crippen molar-refractivity contribution in [3.63, 3.8) is 0 Å². The molecule has 0 bridgehead atoms. The van der Waals surface area contributed by atoms with Gasteiger partial charge in [0.05, 0.1) is 19.1 Å². The second kappa shape index (κ2) is 10.8. The number of amides is 2. The molecule has 0 fully saturated rings. The van der Waals surface area contributed by atoms with Gasteiger partial charge in [0, 0.05) is 31.9 Å². The first-order valence-electron chi connectivity index (χ1n) is 10.2. The number of benzene rings is 1. The van der Waals surface area contributed by atoms with Crippen molar-refractivity contribution < 1.29 is 14.0 Å². The van der Waals surface area contributed by atoms with Crippen molar-refractivity contribution in [2.75, 3.05) is 11.4 Å². The molecular weight excluding hydrogens is 417 g/mol. The monoisotopic (exact) mass is 443 g/mol. The number of hydrogen-bond donors (Lipinski definition) is 1. The highest BCUT2D eigenvalue weighted by atomic mass is 32.1. The third kappa shape index (κ3) is 6.71. The van der Waals surface area contributed by atoms with Crippen LogP contribution in [0.2, 0.25) is 0 Å². The molecule has 2 aromatic heterocycles. The zero-order valence-corrected chi connectivity index (χ0v) is 18.4. The molecular formula is C22H26FN5O2S. The molecule has 0 aliphatic heterocycles. The van der Waals surface area contributed by atoms with Gasteiger partial charge in [-0.25, -0.2) is 14.4 Å². The molecule has 7 nitrogen and oxygen atoms in total. The molecule has 0 saturated carbocycles. The number of carbonyl (C=O) groups is 2. The summed E-state index contributed by atoms with van der Waals surface area (Å²) in [6, 6.07) is 6.02. The fourth-order valence-corrected chi connectivity index (χ4v) is 3.81. The number of rotatable bonds is 10. The van der Waals surface area contributed by atoms with Crippen LogP contribution in [0.15, 0.2) is 49.2 Å². The summed E-state index contributed by atoms with van der Waals surface area (Å²) in [6.07, 6.45) is 7.96. The van der Waals surface area contributed by atoms with Crippen molar-refractivity contribution in [2.45, 2.75) is 39.8 Å². The number of thiazole rings is 1. The van der Waals surface area contributed by atoms with E-state index >= 15 is 0 Å². The van der Waals surface area contributed by atoms with Gasteiger partial charge in [-0.2, -0.15) is 0 Å². The molecule has 0 saturated heterocycles. The van der Waals surface area contributed by atoms with Gasteiger partial charge in [-0.3, -0.25) is 14.5 Å². The number of hydrogen-bond acceptors (Lipinski definition) is 5. The number of nitrogens with one attached hydrogen (secondary N) is 1. The number of imidazole rings is 1. The summed E-state index contributed by atoms with van der Waals surface area (Å²) in [4.78, 5) is 35.6. The molecule has 2 amide bonds. The molecule has 164 valence electrons. The number of aryl methyl sites for hydroxylation is 1. The Labute approximate surface area is 184 Å².